The second-order valence-electron chi connectivity index (χ2n) is 7.28. The van der Waals surface area contributed by atoms with E-state index in [1.165, 1.54) is 0 Å². The molecular weight excluding hydrogens is 390 g/mol. The molecule has 29 heavy (non-hydrogen) atoms. The number of hydrogen-bond acceptors (Lipinski definition) is 4. The quantitative estimate of drug-likeness (QED) is 0.806. The molecule has 0 atom stereocenters. The smallest absolute Gasteiger partial charge is 0.255 e. The molecule has 7 heteroatoms. The zero-order valence-corrected chi connectivity index (χ0v) is 16.6. The Balaban J connectivity index is 1.51. The van der Waals surface area contributed by atoms with Crippen molar-refractivity contribution in [2.75, 3.05) is 29.9 Å². The van der Waals surface area contributed by atoms with Crippen LogP contribution in [0.2, 0.25) is 5.02 Å². The van der Waals surface area contributed by atoms with E-state index in [-0.39, 0.29) is 24.3 Å². The average molecular weight is 412 g/mol. The van der Waals surface area contributed by atoms with Gasteiger partial charge in [0, 0.05) is 29.6 Å². The number of carbonyl (C=O) groups excluding carboxylic acids is 2. The summed E-state index contributed by atoms with van der Waals surface area (Å²) >= 11 is 6.05. The number of anilines is 2. The van der Waals surface area contributed by atoms with E-state index in [0.29, 0.717) is 29.2 Å². The molecule has 2 aromatic carbocycles. The highest BCUT2D eigenvalue weighted by molar-refractivity contribution is 6.30. The minimum Gasteiger partial charge on any atom is -0.488 e. The van der Waals surface area contributed by atoms with Gasteiger partial charge in [0.25, 0.3) is 5.91 Å². The van der Waals surface area contributed by atoms with Gasteiger partial charge in [0.2, 0.25) is 5.91 Å². The molecule has 0 bridgehead atoms. The van der Waals surface area contributed by atoms with E-state index < -0.39 is 0 Å². The summed E-state index contributed by atoms with van der Waals surface area (Å²) in [7, 11) is 0. The first-order valence-electron chi connectivity index (χ1n) is 9.59. The largest absolute Gasteiger partial charge is 0.488 e. The summed E-state index contributed by atoms with van der Waals surface area (Å²) in [6, 6.07) is 13.0. The number of carbonyl (C=O) groups is 2. The van der Waals surface area contributed by atoms with E-state index in [2.05, 4.69) is 10.2 Å². The van der Waals surface area contributed by atoms with Gasteiger partial charge in [-0.25, -0.2) is 0 Å². The third kappa shape index (κ3) is 4.22. The Morgan fingerprint density at radius 1 is 1.14 bits per heavy atom. The molecule has 2 aliphatic heterocycles. The van der Waals surface area contributed by atoms with Gasteiger partial charge in [-0.15, -0.1) is 0 Å². The number of primary amides is 1. The Labute approximate surface area is 174 Å². The number of rotatable bonds is 4. The number of amides is 2. The van der Waals surface area contributed by atoms with Crippen LogP contribution in [0.4, 0.5) is 11.4 Å². The van der Waals surface area contributed by atoms with Crippen LogP contribution in [0, 0.1) is 5.92 Å². The van der Waals surface area contributed by atoms with Gasteiger partial charge in [-0.05, 0) is 49.2 Å². The highest BCUT2D eigenvalue weighted by Crippen LogP contribution is 2.32. The summed E-state index contributed by atoms with van der Waals surface area (Å²) in [4.78, 5) is 26.5. The second kappa shape index (κ2) is 8.17. The minimum absolute atomic E-state index is 0.0792. The van der Waals surface area contributed by atoms with Crippen molar-refractivity contribution in [1.29, 1.82) is 0 Å². The molecule has 2 amide bonds. The first-order chi connectivity index (χ1) is 14.0. The van der Waals surface area contributed by atoms with E-state index in [0.717, 1.165) is 30.0 Å². The Bertz CT molecular complexity index is 981. The number of nitrogens with one attached hydrogen (secondary N) is 1. The maximum absolute atomic E-state index is 12.9. The van der Waals surface area contributed by atoms with Crippen LogP contribution in [0.15, 0.2) is 48.0 Å². The monoisotopic (exact) mass is 411 g/mol. The van der Waals surface area contributed by atoms with Crippen molar-refractivity contribution < 1.29 is 14.3 Å². The Kier molecular flexibility index (Phi) is 5.45. The second-order valence-corrected chi connectivity index (χ2v) is 7.71. The molecule has 0 saturated carbocycles. The molecule has 1 saturated heterocycles. The molecule has 4 rings (SSSR count). The third-order valence-corrected chi connectivity index (χ3v) is 5.60. The van der Waals surface area contributed by atoms with Crippen molar-refractivity contribution in [2.24, 2.45) is 11.7 Å². The molecule has 3 N–H and O–H groups in total. The van der Waals surface area contributed by atoms with Crippen LogP contribution in [0.25, 0.3) is 6.08 Å². The standard InChI is InChI=1S/C22H22ClN3O3/c23-17-5-6-20-15(12-17)11-16(13-29-20)22(28)25-18-3-1-2-4-19(18)26-9-7-14(8-10-26)21(24)27/h1-6,11-12,14H,7-10,13H2,(H2,24,27)(H,25,28). The summed E-state index contributed by atoms with van der Waals surface area (Å²) in [6.07, 6.45) is 3.24. The van der Waals surface area contributed by atoms with E-state index in [4.69, 9.17) is 22.1 Å². The molecular formula is C22H22ClN3O3. The lowest BCUT2D eigenvalue weighted by molar-refractivity contribution is -0.122. The number of nitrogens with two attached hydrogens (primary N) is 1. The summed E-state index contributed by atoms with van der Waals surface area (Å²) in [5.41, 5.74) is 8.41. The molecule has 0 aliphatic carbocycles. The molecule has 0 unspecified atom stereocenters. The lowest BCUT2D eigenvalue weighted by Gasteiger charge is -2.33. The van der Waals surface area contributed by atoms with Crippen LogP contribution in [-0.2, 0) is 9.59 Å². The highest BCUT2D eigenvalue weighted by atomic mass is 35.5. The topological polar surface area (TPSA) is 84.7 Å². The van der Waals surface area contributed by atoms with Crippen LogP contribution in [0.3, 0.4) is 0 Å². The van der Waals surface area contributed by atoms with Gasteiger partial charge in [-0.1, -0.05) is 23.7 Å². The molecule has 0 aromatic heterocycles. The number of nitrogens with zero attached hydrogens (tertiary/aromatic N) is 1. The number of halogens is 1. The van der Waals surface area contributed by atoms with Gasteiger partial charge in [-0.2, -0.15) is 0 Å². The normalized spacial score (nSPS) is 16.4. The van der Waals surface area contributed by atoms with Crippen molar-refractivity contribution in [2.45, 2.75) is 12.8 Å². The van der Waals surface area contributed by atoms with Crippen LogP contribution in [0.5, 0.6) is 5.75 Å². The number of ether oxygens (including phenoxy) is 1. The van der Waals surface area contributed by atoms with E-state index in [9.17, 15) is 9.59 Å². The Morgan fingerprint density at radius 2 is 1.90 bits per heavy atom. The zero-order valence-electron chi connectivity index (χ0n) is 15.9. The maximum Gasteiger partial charge on any atom is 0.255 e. The van der Waals surface area contributed by atoms with Crippen molar-refractivity contribution in [1.82, 2.24) is 0 Å². The van der Waals surface area contributed by atoms with E-state index in [1.54, 1.807) is 24.3 Å². The number of para-hydroxylation sites is 2. The number of benzene rings is 2. The predicted molar refractivity (Wildman–Crippen MR) is 114 cm³/mol. The van der Waals surface area contributed by atoms with Crippen LogP contribution >= 0.6 is 11.6 Å². The van der Waals surface area contributed by atoms with E-state index in [1.807, 2.05) is 24.3 Å². The SMILES string of the molecule is NC(=O)C1CCN(c2ccccc2NC(=O)C2=Cc3cc(Cl)ccc3OC2)CC1. The lowest BCUT2D eigenvalue weighted by atomic mass is 9.96. The number of piperidine rings is 1. The van der Waals surface area contributed by atoms with Crippen molar-refractivity contribution >= 4 is 40.9 Å². The number of fused-ring (bicyclic) bond motifs is 1. The molecule has 2 heterocycles. The molecule has 0 radical (unpaired) electrons. The molecule has 1 fully saturated rings. The summed E-state index contributed by atoms with van der Waals surface area (Å²) in [5.74, 6) is 0.180. The minimum atomic E-state index is -0.240. The summed E-state index contributed by atoms with van der Waals surface area (Å²) < 4.78 is 5.69. The van der Waals surface area contributed by atoms with Gasteiger partial charge in [-0.3, -0.25) is 9.59 Å². The van der Waals surface area contributed by atoms with Gasteiger partial charge < -0.3 is 20.7 Å². The fourth-order valence-corrected chi connectivity index (χ4v) is 3.92. The number of hydrogen-bond donors (Lipinski definition) is 2. The predicted octanol–water partition coefficient (Wildman–Crippen LogP) is 3.46. The lowest BCUT2D eigenvalue weighted by Crippen LogP contribution is -2.39. The zero-order chi connectivity index (χ0) is 20.4. The van der Waals surface area contributed by atoms with Crippen molar-refractivity contribution in [3.8, 4) is 5.75 Å². The van der Waals surface area contributed by atoms with Gasteiger partial charge >= 0.3 is 0 Å². The summed E-state index contributed by atoms with van der Waals surface area (Å²) in [6.45, 7) is 1.64. The Hall–Kier alpha value is -2.99. The fraction of sp³-hybridized carbons (Fsp3) is 0.273. The summed E-state index contributed by atoms with van der Waals surface area (Å²) in [5, 5.41) is 3.60. The Morgan fingerprint density at radius 3 is 2.66 bits per heavy atom. The van der Waals surface area contributed by atoms with Gasteiger partial charge in [0.05, 0.1) is 16.9 Å². The van der Waals surface area contributed by atoms with Crippen LogP contribution in [-0.4, -0.2) is 31.5 Å². The average Bonchev–Trinajstić information content (AvgIpc) is 2.73. The van der Waals surface area contributed by atoms with Crippen LogP contribution in [0.1, 0.15) is 18.4 Å². The fourth-order valence-electron chi connectivity index (χ4n) is 3.74. The first-order valence-corrected chi connectivity index (χ1v) is 9.96. The molecule has 2 aromatic rings. The van der Waals surface area contributed by atoms with Crippen LogP contribution < -0.4 is 20.7 Å². The van der Waals surface area contributed by atoms with Crippen molar-refractivity contribution in [3.63, 3.8) is 0 Å². The highest BCUT2D eigenvalue weighted by Gasteiger charge is 2.25. The molecule has 2 aliphatic rings. The molecule has 0 spiro atoms. The van der Waals surface area contributed by atoms with Gasteiger partial charge in [0.1, 0.15) is 12.4 Å². The third-order valence-electron chi connectivity index (χ3n) is 5.37. The van der Waals surface area contributed by atoms with E-state index >= 15 is 0 Å². The first kappa shape index (κ1) is 19.3. The molecule has 150 valence electrons. The molecule has 6 nitrogen and oxygen atoms in total. The maximum atomic E-state index is 12.9. The van der Waals surface area contributed by atoms with Gasteiger partial charge in [0.15, 0.2) is 0 Å². The van der Waals surface area contributed by atoms with Crippen molar-refractivity contribution in [3.05, 3.63) is 58.6 Å².